The predicted octanol–water partition coefficient (Wildman–Crippen LogP) is 4.44. The standard InChI is InChI=1S/C28H28F3N5O4/c1-15-9-22-25(17-10-20(39-3)13-21(11-17)40-4)34-36(27(38)26(22)32-15)24-12-19(5-6-23(24)28(29,30)31)35-8-7-18(14-35)33-16(2)37/h5-6,9-13,18,32H,7-8,14H2,1-4H3,(H,33,37). The number of hydrogen-bond donors (Lipinski definition) is 2. The largest absolute Gasteiger partial charge is 0.497 e. The average Bonchev–Trinajstić information content (AvgIpc) is 3.54. The van der Waals surface area contributed by atoms with E-state index in [1.807, 2.05) is 4.90 Å². The number of alkyl halides is 3. The molecule has 4 aromatic rings. The minimum atomic E-state index is -4.75. The van der Waals surface area contributed by atoms with Crippen LogP contribution in [0.4, 0.5) is 18.9 Å². The fraction of sp³-hybridized carbons (Fsp3) is 0.321. The molecule has 1 saturated heterocycles. The molecule has 0 spiro atoms. The molecule has 1 atom stereocenters. The summed E-state index contributed by atoms with van der Waals surface area (Å²) in [6.45, 7) is 4.13. The van der Waals surface area contributed by atoms with Crippen molar-refractivity contribution in [2.75, 3.05) is 32.2 Å². The van der Waals surface area contributed by atoms with E-state index in [0.717, 1.165) is 10.7 Å². The number of methoxy groups -OCH3 is 2. The molecule has 9 nitrogen and oxygen atoms in total. The second-order valence-electron chi connectivity index (χ2n) is 9.74. The summed E-state index contributed by atoms with van der Waals surface area (Å²) >= 11 is 0. The summed E-state index contributed by atoms with van der Waals surface area (Å²) in [5.74, 6) is 0.733. The SMILES string of the molecule is COc1cc(OC)cc(-c2nn(-c3cc(N4CCC(NC(C)=O)C4)ccc3C(F)(F)F)c(=O)c3[nH]c(C)cc23)c1. The highest BCUT2D eigenvalue weighted by molar-refractivity contribution is 5.93. The van der Waals surface area contributed by atoms with Crippen LogP contribution in [0.25, 0.3) is 27.8 Å². The Morgan fingerprint density at radius 2 is 1.80 bits per heavy atom. The third kappa shape index (κ3) is 5.08. The van der Waals surface area contributed by atoms with Crippen molar-refractivity contribution in [1.29, 1.82) is 0 Å². The Labute approximate surface area is 227 Å². The van der Waals surface area contributed by atoms with Crippen molar-refractivity contribution in [3.05, 3.63) is 64.1 Å². The maximum absolute atomic E-state index is 14.3. The summed E-state index contributed by atoms with van der Waals surface area (Å²) in [7, 11) is 2.97. The quantitative estimate of drug-likeness (QED) is 0.365. The molecule has 0 bridgehead atoms. The van der Waals surface area contributed by atoms with Crippen molar-refractivity contribution in [2.24, 2.45) is 0 Å². The first-order chi connectivity index (χ1) is 19.0. The van der Waals surface area contributed by atoms with Crippen molar-refractivity contribution in [3.8, 4) is 28.4 Å². The van der Waals surface area contributed by atoms with Gasteiger partial charge in [-0.15, -0.1) is 0 Å². The molecule has 1 amide bonds. The maximum atomic E-state index is 14.3. The Balaban J connectivity index is 1.73. The molecular formula is C28H28F3N5O4. The lowest BCUT2D eigenvalue weighted by molar-refractivity contribution is -0.137. The molecule has 1 unspecified atom stereocenters. The molecule has 40 heavy (non-hydrogen) atoms. The molecule has 12 heteroatoms. The van der Waals surface area contributed by atoms with Crippen LogP contribution in [0.1, 0.15) is 24.6 Å². The third-order valence-corrected chi connectivity index (χ3v) is 6.91. The molecule has 3 heterocycles. The summed E-state index contributed by atoms with van der Waals surface area (Å²) in [6.07, 6.45) is -4.11. The Bertz CT molecular complexity index is 1640. The number of aryl methyl sites for hydroxylation is 1. The Morgan fingerprint density at radius 1 is 1.10 bits per heavy atom. The van der Waals surface area contributed by atoms with Gasteiger partial charge in [0.1, 0.15) is 22.7 Å². The molecule has 1 fully saturated rings. The number of nitrogens with zero attached hydrogens (tertiary/aromatic N) is 3. The van der Waals surface area contributed by atoms with Crippen molar-refractivity contribution >= 4 is 22.5 Å². The maximum Gasteiger partial charge on any atom is 0.418 e. The molecule has 0 saturated carbocycles. The number of amides is 1. The minimum absolute atomic E-state index is 0.120. The van der Waals surface area contributed by atoms with E-state index in [1.54, 1.807) is 31.2 Å². The number of aromatic nitrogens is 3. The molecule has 1 aliphatic rings. The molecule has 5 rings (SSSR count). The van der Waals surface area contributed by atoms with E-state index in [4.69, 9.17) is 9.47 Å². The van der Waals surface area contributed by atoms with Crippen LogP contribution in [0.2, 0.25) is 0 Å². The van der Waals surface area contributed by atoms with E-state index < -0.39 is 23.0 Å². The fourth-order valence-electron chi connectivity index (χ4n) is 5.10. The lowest BCUT2D eigenvalue weighted by atomic mass is 10.1. The van der Waals surface area contributed by atoms with E-state index in [-0.39, 0.29) is 23.2 Å². The predicted molar refractivity (Wildman–Crippen MR) is 144 cm³/mol. The number of fused-ring (bicyclic) bond motifs is 1. The molecule has 0 radical (unpaired) electrons. The van der Waals surface area contributed by atoms with Crippen LogP contribution in [-0.4, -0.2) is 54.0 Å². The summed E-state index contributed by atoms with van der Waals surface area (Å²) in [5, 5.41) is 7.80. The molecule has 0 aliphatic carbocycles. The van der Waals surface area contributed by atoms with Gasteiger partial charge in [-0.05, 0) is 49.7 Å². The lowest BCUT2D eigenvalue weighted by Crippen LogP contribution is -2.35. The van der Waals surface area contributed by atoms with Gasteiger partial charge in [0, 0.05) is 54.5 Å². The zero-order valence-corrected chi connectivity index (χ0v) is 22.3. The van der Waals surface area contributed by atoms with Gasteiger partial charge < -0.3 is 24.7 Å². The number of benzene rings is 2. The van der Waals surface area contributed by atoms with Gasteiger partial charge in [0.25, 0.3) is 5.56 Å². The number of ether oxygens (including phenoxy) is 2. The first kappa shape index (κ1) is 27.1. The Hall–Kier alpha value is -4.48. The molecule has 2 aromatic heterocycles. The number of carbonyl (C=O) groups excluding carboxylic acids is 1. The number of carbonyl (C=O) groups is 1. The van der Waals surface area contributed by atoms with E-state index >= 15 is 0 Å². The fourth-order valence-corrected chi connectivity index (χ4v) is 5.10. The lowest BCUT2D eigenvalue weighted by Gasteiger charge is -2.22. The van der Waals surface area contributed by atoms with E-state index in [0.29, 0.717) is 53.3 Å². The van der Waals surface area contributed by atoms with Crippen LogP contribution in [0, 0.1) is 6.92 Å². The second-order valence-corrected chi connectivity index (χ2v) is 9.74. The second kappa shape index (κ2) is 10.2. The van der Waals surface area contributed by atoms with Gasteiger partial charge >= 0.3 is 6.18 Å². The molecule has 210 valence electrons. The topological polar surface area (TPSA) is 101 Å². The van der Waals surface area contributed by atoms with E-state index in [9.17, 15) is 22.8 Å². The number of hydrogen-bond acceptors (Lipinski definition) is 6. The van der Waals surface area contributed by atoms with E-state index in [2.05, 4.69) is 15.4 Å². The number of H-pyrrole nitrogens is 1. The Kier molecular flexibility index (Phi) is 6.94. The van der Waals surface area contributed by atoms with Crippen molar-refractivity contribution < 1.29 is 27.4 Å². The molecular weight excluding hydrogens is 527 g/mol. The van der Waals surface area contributed by atoms with Crippen molar-refractivity contribution in [1.82, 2.24) is 20.1 Å². The Morgan fingerprint density at radius 3 is 2.42 bits per heavy atom. The number of rotatable bonds is 6. The number of nitrogens with one attached hydrogen (secondary N) is 2. The molecule has 2 aromatic carbocycles. The average molecular weight is 556 g/mol. The van der Waals surface area contributed by atoms with Gasteiger partial charge in [-0.1, -0.05) is 0 Å². The number of anilines is 1. The van der Waals surface area contributed by atoms with Gasteiger partial charge in [-0.25, -0.2) is 0 Å². The van der Waals surface area contributed by atoms with Crippen molar-refractivity contribution in [3.63, 3.8) is 0 Å². The summed E-state index contributed by atoms with van der Waals surface area (Å²) in [6, 6.07) is 10.3. The first-order valence-corrected chi connectivity index (χ1v) is 12.6. The highest BCUT2D eigenvalue weighted by Crippen LogP contribution is 2.37. The highest BCUT2D eigenvalue weighted by atomic mass is 19.4. The van der Waals surface area contributed by atoms with Crippen LogP contribution in [-0.2, 0) is 11.0 Å². The number of aromatic amines is 1. The van der Waals surface area contributed by atoms with Crippen LogP contribution in [0.3, 0.4) is 0 Å². The summed E-state index contributed by atoms with van der Waals surface area (Å²) < 4.78 is 54.4. The number of halogens is 3. The summed E-state index contributed by atoms with van der Waals surface area (Å²) in [5.41, 5.74) is -0.0939. The summed E-state index contributed by atoms with van der Waals surface area (Å²) in [4.78, 5) is 30.0. The monoisotopic (exact) mass is 555 g/mol. The van der Waals surface area contributed by atoms with E-state index in [1.165, 1.54) is 33.3 Å². The van der Waals surface area contributed by atoms with Gasteiger partial charge in [-0.3, -0.25) is 9.59 Å². The van der Waals surface area contributed by atoms with Gasteiger partial charge in [0.2, 0.25) is 5.91 Å². The highest BCUT2D eigenvalue weighted by Gasteiger charge is 2.36. The zero-order chi connectivity index (χ0) is 28.8. The van der Waals surface area contributed by atoms with Gasteiger partial charge in [0.05, 0.1) is 25.5 Å². The minimum Gasteiger partial charge on any atom is -0.497 e. The molecule has 2 N–H and O–H groups in total. The smallest absolute Gasteiger partial charge is 0.418 e. The first-order valence-electron chi connectivity index (χ1n) is 12.6. The van der Waals surface area contributed by atoms with Crippen LogP contribution in [0.15, 0.2) is 47.3 Å². The molecule has 1 aliphatic heterocycles. The normalized spacial score (nSPS) is 15.5. The van der Waals surface area contributed by atoms with Gasteiger partial charge in [-0.2, -0.15) is 23.0 Å². The van der Waals surface area contributed by atoms with Crippen LogP contribution in [0.5, 0.6) is 11.5 Å². The van der Waals surface area contributed by atoms with Crippen molar-refractivity contribution in [2.45, 2.75) is 32.5 Å². The van der Waals surface area contributed by atoms with Crippen LogP contribution >= 0.6 is 0 Å². The zero-order valence-electron chi connectivity index (χ0n) is 22.3. The van der Waals surface area contributed by atoms with Gasteiger partial charge in [0.15, 0.2) is 0 Å². The third-order valence-electron chi connectivity index (χ3n) is 6.91. The van der Waals surface area contributed by atoms with Crippen LogP contribution < -0.4 is 25.2 Å².